The molecule has 2 aromatic rings. The molecule has 1 atom stereocenters. The SMILES string of the molecule is CNCC1CCCN1c1ccc(-c2cccnc2)nn1. The summed E-state index contributed by atoms with van der Waals surface area (Å²) in [5, 5.41) is 12.0. The molecule has 0 radical (unpaired) electrons. The van der Waals surface area contributed by atoms with Gasteiger partial charge in [0.1, 0.15) is 0 Å². The van der Waals surface area contributed by atoms with Gasteiger partial charge in [-0.15, -0.1) is 10.2 Å². The molecule has 104 valence electrons. The first-order valence-corrected chi connectivity index (χ1v) is 7.04. The van der Waals surface area contributed by atoms with Crippen LogP contribution in [0.5, 0.6) is 0 Å². The molecule has 5 nitrogen and oxygen atoms in total. The zero-order valence-electron chi connectivity index (χ0n) is 11.7. The van der Waals surface area contributed by atoms with E-state index in [2.05, 4.69) is 31.5 Å². The molecule has 0 saturated carbocycles. The lowest BCUT2D eigenvalue weighted by atomic mass is 10.2. The zero-order valence-corrected chi connectivity index (χ0v) is 11.7. The Balaban J connectivity index is 1.79. The lowest BCUT2D eigenvalue weighted by Gasteiger charge is -2.25. The predicted molar refractivity (Wildman–Crippen MR) is 79.6 cm³/mol. The fraction of sp³-hybridized carbons (Fsp3) is 0.400. The van der Waals surface area contributed by atoms with Gasteiger partial charge < -0.3 is 10.2 Å². The molecule has 0 aromatic carbocycles. The van der Waals surface area contributed by atoms with Crippen molar-refractivity contribution in [3.63, 3.8) is 0 Å². The summed E-state index contributed by atoms with van der Waals surface area (Å²) in [6, 6.07) is 8.51. The number of nitrogens with zero attached hydrogens (tertiary/aromatic N) is 4. The van der Waals surface area contributed by atoms with E-state index in [1.807, 2.05) is 31.4 Å². The summed E-state index contributed by atoms with van der Waals surface area (Å²) in [6.07, 6.45) is 6.01. The number of hydrogen-bond donors (Lipinski definition) is 1. The first-order chi connectivity index (χ1) is 9.88. The van der Waals surface area contributed by atoms with Crippen LogP contribution in [0.25, 0.3) is 11.3 Å². The van der Waals surface area contributed by atoms with E-state index >= 15 is 0 Å². The van der Waals surface area contributed by atoms with Gasteiger partial charge in [-0.3, -0.25) is 4.98 Å². The normalized spacial score (nSPS) is 18.4. The number of nitrogens with one attached hydrogen (secondary N) is 1. The zero-order chi connectivity index (χ0) is 13.8. The molecule has 1 saturated heterocycles. The van der Waals surface area contributed by atoms with Gasteiger partial charge in [-0.1, -0.05) is 0 Å². The topological polar surface area (TPSA) is 53.9 Å². The van der Waals surface area contributed by atoms with Crippen molar-refractivity contribution in [2.45, 2.75) is 18.9 Å². The lowest BCUT2D eigenvalue weighted by Crippen LogP contribution is -2.37. The summed E-state index contributed by atoms with van der Waals surface area (Å²) in [5.41, 5.74) is 1.87. The summed E-state index contributed by atoms with van der Waals surface area (Å²) in [6.45, 7) is 2.05. The molecule has 0 amide bonds. The summed E-state index contributed by atoms with van der Waals surface area (Å²) in [4.78, 5) is 6.45. The number of pyridine rings is 1. The first kappa shape index (κ1) is 13.0. The van der Waals surface area contributed by atoms with Gasteiger partial charge in [-0.25, -0.2) is 0 Å². The first-order valence-electron chi connectivity index (χ1n) is 7.04. The quantitative estimate of drug-likeness (QED) is 0.916. The molecule has 1 fully saturated rings. The number of rotatable bonds is 4. The van der Waals surface area contributed by atoms with E-state index in [1.165, 1.54) is 12.8 Å². The van der Waals surface area contributed by atoms with E-state index in [1.54, 1.807) is 6.20 Å². The Morgan fingerprint density at radius 2 is 2.25 bits per heavy atom. The minimum Gasteiger partial charge on any atom is -0.351 e. The van der Waals surface area contributed by atoms with Crippen molar-refractivity contribution in [1.82, 2.24) is 20.5 Å². The van der Waals surface area contributed by atoms with Gasteiger partial charge in [0.15, 0.2) is 5.82 Å². The van der Waals surface area contributed by atoms with E-state index in [9.17, 15) is 0 Å². The maximum absolute atomic E-state index is 4.39. The monoisotopic (exact) mass is 269 g/mol. The van der Waals surface area contributed by atoms with Gasteiger partial charge in [0.05, 0.1) is 5.69 Å². The van der Waals surface area contributed by atoms with Gasteiger partial charge in [0, 0.05) is 37.1 Å². The maximum Gasteiger partial charge on any atom is 0.151 e. The van der Waals surface area contributed by atoms with E-state index < -0.39 is 0 Å². The molecule has 3 rings (SSSR count). The van der Waals surface area contributed by atoms with Gasteiger partial charge in [-0.05, 0) is 44.2 Å². The van der Waals surface area contributed by atoms with Crippen LogP contribution in [0, 0.1) is 0 Å². The summed E-state index contributed by atoms with van der Waals surface area (Å²) >= 11 is 0. The third-order valence-corrected chi connectivity index (χ3v) is 3.72. The highest BCUT2D eigenvalue weighted by atomic mass is 15.3. The third kappa shape index (κ3) is 2.63. The standard InChI is InChI=1S/C15H19N5/c1-16-11-13-5-3-9-20(13)15-7-6-14(18-19-15)12-4-2-8-17-10-12/h2,4,6-8,10,13,16H,3,5,9,11H2,1H3. The highest BCUT2D eigenvalue weighted by Crippen LogP contribution is 2.24. The summed E-state index contributed by atoms with van der Waals surface area (Å²) in [7, 11) is 1.99. The van der Waals surface area contributed by atoms with Crippen molar-refractivity contribution in [3.05, 3.63) is 36.7 Å². The van der Waals surface area contributed by atoms with Crippen LogP contribution in [-0.2, 0) is 0 Å². The Morgan fingerprint density at radius 1 is 1.30 bits per heavy atom. The van der Waals surface area contributed by atoms with Crippen molar-refractivity contribution in [1.29, 1.82) is 0 Å². The van der Waals surface area contributed by atoms with Gasteiger partial charge in [0.2, 0.25) is 0 Å². The molecule has 0 spiro atoms. The summed E-state index contributed by atoms with van der Waals surface area (Å²) < 4.78 is 0. The number of hydrogen-bond acceptors (Lipinski definition) is 5. The molecular weight excluding hydrogens is 250 g/mol. The van der Waals surface area contributed by atoms with E-state index in [4.69, 9.17) is 0 Å². The van der Waals surface area contributed by atoms with Crippen LogP contribution in [0.1, 0.15) is 12.8 Å². The van der Waals surface area contributed by atoms with E-state index in [-0.39, 0.29) is 0 Å². The molecule has 5 heteroatoms. The van der Waals surface area contributed by atoms with Crippen molar-refractivity contribution in [2.75, 3.05) is 25.0 Å². The van der Waals surface area contributed by atoms with Crippen LogP contribution in [-0.4, -0.2) is 41.4 Å². The molecule has 1 aliphatic rings. The van der Waals surface area contributed by atoms with Crippen molar-refractivity contribution >= 4 is 5.82 Å². The molecule has 0 bridgehead atoms. The number of likely N-dealkylation sites (N-methyl/N-ethyl adjacent to an activating group) is 1. The van der Waals surface area contributed by atoms with Crippen LogP contribution in [0.2, 0.25) is 0 Å². The third-order valence-electron chi connectivity index (χ3n) is 3.72. The highest BCUT2D eigenvalue weighted by Gasteiger charge is 2.25. The van der Waals surface area contributed by atoms with Gasteiger partial charge in [0.25, 0.3) is 0 Å². The van der Waals surface area contributed by atoms with Crippen LogP contribution in [0.3, 0.4) is 0 Å². The maximum atomic E-state index is 4.39. The second-order valence-corrected chi connectivity index (χ2v) is 5.07. The molecule has 2 aromatic heterocycles. The Hall–Kier alpha value is -2.01. The second kappa shape index (κ2) is 5.96. The second-order valence-electron chi connectivity index (χ2n) is 5.07. The van der Waals surface area contributed by atoms with Gasteiger partial charge in [-0.2, -0.15) is 0 Å². The van der Waals surface area contributed by atoms with Crippen LogP contribution < -0.4 is 10.2 Å². The van der Waals surface area contributed by atoms with Crippen LogP contribution in [0.15, 0.2) is 36.7 Å². The van der Waals surface area contributed by atoms with E-state index in [0.29, 0.717) is 6.04 Å². The van der Waals surface area contributed by atoms with Crippen LogP contribution in [0.4, 0.5) is 5.82 Å². The predicted octanol–water partition coefficient (Wildman–Crippen LogP) is 1.73. The fourth-order valence-corrected chi connectivity index (χ4v) is 2.73. The fourth-order valence-electron chi connectivity index (χ4n) is 2.73. The summed E-state index contributed by atoms with van der Waals surface area (Å²) in [5.74, 6) is 0.968. The van der Waals surface area contributed by atoms with Crippen molar-refractivity contribution in [2.24, 2.45) is 0 Å². The Morgan fingerprint density at radius 3 is 2.95 bits per heavy atom. The average molecular weight is 269 g/mol. The number of anilines is 1. The number of aromatic nitrogens is 3. The molecular formula is C15H19N5. The van der Waals surface area contributed by atoms with Crippen LogP contribution >= 0.6 is 0 Å². The Kier molecular flexibility index (Phi) is 3.87. The molecule has 1 aliphatic heterocycles. The minimum absolute atomic E-state index is 0.526. The molecule has 0 aliphatic carbocycles. The molecule has 20 heavy (non-hydrogen) atoms. The Bertz CT molecular complexity index is 540. The average Bonchev–Trinajstić information content (AvgIpc) is 2.97. The smallest absolute Gasteiger partial charge is 0.151 e. The lowest BCUT2D eigenvalue weighted by molar-refractivity contribution is 0.610. The minimum atomic E-state index is 0.526. The van der Waals surface area contributed by atoms with Crippen molar-refractivity contribution < 1.29 is 0 Å². The molecule has 1 N–H and O–H groups in total. The molecule has 3 heterocycles. The largest absolute Gasteiger partial charge is 0.351 e. The van der Waals surface area contributed by atoms with Gasteiger partial charge >= 0.3 is 0 Å². The molecule has 1 unspecified atom stereocenters. The highest BCUT2D eigenvalue weighted by molar-refractivity contribution is 5.58. The Labute approximate surface area is 119 Å². The van der Waals surface area contributed by atoms with E-state index in [0.717, 1.165) is 30.2 Å². The van der Waals surface area contributed by atoms with Crippen molar-refractivity contribution in [3.8, 4) is 11.3 Å².